The molecule has 0 saturated carbocycles. The third kappa shape index (κ3) is 31.4. The second-order valence-electron chi connectivity index (χ2n) is 28.3. The Labute approximate surface area is 815 Å². The number of aryl methyl sites for hydroxylation is 4. The van der Waals surface area contributed by atoms with Crippen molar-refractivity contribution >= 4 is 21.8 Å². The van der Waals surface area contributed by atoms with E-state index in [0.29, 0.717) is 11.8 Å². The van der Waals surface area contributed by atoms with Gasteiger partial charge < -0.3 is 39.5 Å². The van der Waals surface area contributed by atoms with Gasteiger partial charge >= 0.3 is 0 Å². The minimum absolute atomic E-state index is 0. The number of rotatable bonds is 13. The van der Waals surface area contributed by atoms with Crippen LogP contribution in [0.1, 0.15) is 55.6 Å². The molecule has 0 aliphatic heterocycles. The van der Waals surface area contributed by atoms with Gasteiger partial charge in [0.05, 0.1) is 0 Å². The second kappa shape index (κ2) is 55.0. The van der Waals surface area contributed by atoms with Crippen LogP contribution in [0.15, 0.2) is 371 Å². The van der Waals surface area contributed by atoms with Gasteiger partial charge in [-0.1, -0.05) is 202 Å². The molecule has 0 N–H and O–H groups in total. The number of aromatic nitrogens is 8. The molecule has 0 saturated heterocycles. The van der Waals surface area contributed by atoms with Crippen molar-refractivity contribution in [1.29, 1.82) is 0 Å². The molecule has 18 rings (SSSR count). The fourth-order valence-corrected chi connectivity index (χ4v) is 12.9. The van der Waals surface area contributed by atoms with E-state index in [2.05, 4.69) is 258 Å². The molecule has 0 aliphatic rings. The number of pyridine rings is 7. The molecule has 0 fully saturated rings. The maximum absolute atomic E-state index is 4.52. The molecular formula is C107H91Ir7N8-7. The van der Waals surface area contributed by atoms with Crippen LogP contribution in [-0.2, 0) is 154 Å². The zero-order valence-electron chi connectivity index (χ0n) is 68.7. The van der Waals surface area contributed by atoms with Gasteiger partial charge in [0.2, 0.25) is 0 Å². The molecule has 10 aromatic carbocycles. The van der Waals surface area contributed by atoms with Crippen LogP contribution in [0.2, 0.25) is 0 Å². The Morgan fingerprint density at radius 1 is 0.279 bits per heavy atom. The van der Waals surface area contributed by atoms with Crippen LogP contribution in [-0.4, -0.2) is 39.5 Å². The van der Waals surface area contributed by atoms with Gasteiger partial charge in [0.1, 0.15) is 0 Å². The zero-order chi connectivity index (χ0) is 79.8. The van der Waals surface area contributed by atoms with E-state index in [1.165, 1.54) is 66.3 Å². The van der Waals surface area contributed by atoms with Crippen LogP contribution in [0.25, 0.3) is 123 Å². The SMILES string of the molecule is CC(C)Cc1ccnc(-c2[c-]ccc(-c3ccccc3)c2)c1.CC(C)Cn1c2c[c-]c(-c3ccccn3)cc2c2ccccc21.Cc1cc[c-]c(-c2cccc(C)n2)c1.Cc1cccnc1-c1[c-]cccc1.Cc1ccnc(-c2[c-]cccc2)c1.[Ir].[Ir].[Ir].[Ir].[Ir].[Ir].[Ir].[c-]1ccc(-c2ccccc2)cc1-c1ccccn1.[c-]1ccccc1-c1ccccn1. The van der Waals surface area contributed by atoms with Crippen molar-refractivity contribution in [2.45, 2.75) is 68.4 Å². The van der Waals surface area contributed by atoms with Crippen molar-refractivity contribution in [3.8, 4) is 101 Å². The minimum Gasteiger partial charge on any atom is -0.380 e. The Balaban J connectivity index is 0.000000254. The second-order valence-corrected chi connectivity index (χ2v) is 28.3. The Kier molecular flexibility index (Phi) is 46.5. The maximum Gasteiger partial charge on any atom is 0.0391 e. The molecule has 629 valence electrons. The van der Waals surface area contributed by atoms with E-state index >= 15 is 0 Å². The molecule has 122 heavy (non-hydrogen) atoms. The number of hydrogen-bond donors (Lipinski definition) is 0. The Morgan fingerprint density at radius 3 is 1.23 bits per heavy atom. The molecule has 0 aliphatic carbocycles. The molecular weight excluding hydrogens is 2740 g/mol. The first-order chi connectivity index (χ1) is 56.3. The van der Waals surface area contributed by atoms with Crippen LogP contribution in [0.4, 0.5) is 0 Å². The van der Waals surface area contributed by atoms with Gasteiger partial charge in [-0.05, 0) is 149 Å². The Hall–Kier alpha value is -9.40. The zero-order valence-corrected chi connectivity index (χ0v) is 85.5. The summed E-state index contributed by atoms with van der Waals surface area (Å²) in [6.07, 6.45) is 12.0. The molecule has 8 nitrogen and oxygen atoms in total. The van der Waals surface area contributed by atoms with Gasteiger partial charge in [0, 0.05) is 196 Å². The minimum atomic E-state index is 0. The van der Waals surface area contributed by atoms with E-state index in [1.54, 1.807) is 12.4 Å². The first kappa shape index (κ1) is 103. The van der Waals surface area contributed by atoms with Gasteiger partial charge in [-0.25, -0.2) is 0 Å². The summed E-state index contributed by atoms with van der Waals surface area (Å²) in [5, 5.41) is 2.58. The monoisotopic (exact) mass is 2840 g/mol. The van der Waals surface area contributed by atoms with Crippen LogP contribution in [0.3, 0.4) is 0 Å². The smallest absolute Gasteiger partial charge is 0.0391 e. The van der Waals surface area contributed by atoms with Crippen LogP contribution < -0.4 is 0 Å². The maximum atomic E-state index is 4.52. The van der Waals surface area contributed by atoms with Crippen molar-refractivity contribution in [2.75, 3.05) is 0 Å². The molecule has 0 spiro atoms. The van der Waals surface area contributed by atoms with Gasteiger partial charge in [-0.15, -0.1) is 238 Å². The average Bonchev–Trinajstić information content (AvgIpc) is 1.60. The summed E-state index contributed by atoms with van der Waals surface area (Å²) < 4.78 is 2.41. The predicted octanol–water partition coefficient (Wildman–Crippen LogP) is 26.4. The van der Waals surface area contributed by atoms with Crippen molar-refractivity contribution in [3.05, 3.63) is 441 Å². The van der Waals surface area contributed by atoms with Crippen LogP contribution >= 0.6 is 0 Å². The first-order valence-corrected chi connectivity index (χ1v) is 38.8. The van der Waals surface area contributed by atoms with Crippen LogP contribution in [0, 0.1) is 82.0 Å². The van der Waals surface area contributed by atoms with Crippen LogP contribution in [0.5, 0.6) is 0 Å². The Bertz CT molecular complexity index is 5840. The van der Waals surface area contributed by atoms with Crippen molar-refractivity contribution in [3.63, 3.8) is 0 Å². The van der Waals surface area contributed by atoms with E-state index in [9.17, 15) is 0 Å². The molecule has 0 amide bonds. The average molecular weight is 2830 g/mol. The summed E-state index contributed by atoms with van der Waals surface area (Å²) >= 11 is 0. The number of fused-ring (bicyclic) bond motifs is 3. The molecule has 0 atom stereocenters. The summed E-state index contributed by atoms with van der Waals surface area (Å²) in [6.45, 7) is 18.2. The largest absolute Gasteiger partial charge is 0.380 e. The van der Waals surface area contributed by atoms with Gasteiger partial charge in [-0.3, -0.25) is 0 Å². The van der Waals surface area contributed by atoms with Gasteiger partial charge in [-0.2, -0.15) is 0 Å². The number of nitrogens with zero attached hydrogens (tertiary/aromatic N) is 8. The van der Waals surface area contributed by atoms with E-state index in [-0.39, 0.29) is 141 Å². The predicted molar refractivity (Wildman–Crippen MR) is 476 cm³/mol. The first-order valence-electron chi connectivity index (χ1n) is 38.8. The normalized spacial score (nSPS) is 9.89. The van der Waals surface area contributed by atoms with Gasteiger partial charge in [0.25, 0.3) is 0 Å². The topological polar surface area (TPSA) is 95.2 Å². The molecule has 0 bridgehead atoms. The standard InChI is InChI=1S/C21H19N2.C21H20N.C17H12N.C13H12N.2C12H10N.C11H8N.7Ir/c1-15(2)14-23-20-9-4-3-7-17(20)18-13-16(10-11-21(18)23)19-8-5-6-12-22-19;1-16(2)13-17-11-12-22-21(14-17)20-10-6-9-19(15-20)18-7-4-3-5-8-18;1-2-7-14(8-3-1)15-9-6-10-16(13-15)17-11-4-5-12-18-17;1-10-5-3-7-12(9-10)13-8-4-6-11(2)14-13;1-10-6-5-9-13-12(10)11-7-3-2-4-8-11;1-10-7-8-13-12(9-10)11-5-3-2-4-6-11;1-2-6-10(7-3-1)11-8-4-5-9-12-11;;;;;;;/h3-9,11-13,15H,14H2,1-2H3;3-9,11-12,14-16H,13H2,1-2H3;1-9,11-13H;3-6,8-9H,1-2H3;2-7,9H,1H3;2-5,7-9H,1H3;1-6,8-9H;;;;;;;/q7*-1;;;;;;;. The molecule has 8 aromatic heterocycles. The van der Waals surface area contributed by atoms with E-state index in [0.717, 1.165) is 97.5 Å². The fourth-order valence-electron chi connectivity index (χ4n) is 12.9. The summed E-state index contributed by atoms with van der Waals surface area (Å²) in [5.74, 6) is 1.25. The van der Waals surface area contributed by atoms with E-state index in [4.69, 9.17) is 0 Å². The summed E-state index contributed by atoms with van der Waals surface area (Å²) in [7, 11) is 0. The molecule has 8 heterocycles. The summed E-state index contributed by atoms with van der Waals surface area (Å²) in [6, 6.07) is 135. The molecule has 15 heteroatoms. The number of hydrogen-bond acceptors (Lipinski definition) is 7. The third-order valence-electron chi connectivity index (χ3n) is 18.3. The van der Waals surface area contributed by atoms with Crippen molar-refractivity contribution in [2.24, 2.45) is 11.8 Å². The molecule has 18 aromatic rings. The van der Waals surface area contributed by atoms with Crippen molar-refractivity contribution < 1.29 is 141 Å². The quantitative estimate of drug-likeness (QED) is 0.106. The van der Waals surface area contributed by atoms with E-state index in [1.807, 2.05) is 238 Å². The number of para-hydroxylation sites is 1. The molecule has 7 radical (unpaired) electrons. The Morgan fingerprint density at radius 2 is 0.721 bits per heavy atom. The third-order valence-corrected chi connectivity index (χ3v) is 18.3. The molecule has 0 unspecified atom stereocenters. The van der Waals surface area contributed by atoms with Gasteiger partial charge in [0.15, 0.2) is 0 Å². The summed E-state index contributed by atoms with van der Waals surface area (Å²) in [5.41, 5.74) is 27.6. The summed E-state index contributed by atoms with van der Waals surface area (Å²) in [4.78, 5) is 30.6. The number of benzene rings is 10. The van der Waals surface area contributed by atoms with Crippen molar-refractivity contribution in [1.82, 2.24) is 39.5 Å². The fraction of sp³-hybridized carbons (Fsp3) is 0.112. The van der Waals surface area contributed by atoms with E-state index < -0.39 is 0 Å².